The van der Waals surface area contributed by atoms with E-state index in [9.17, 15) is 0 Å². The molecule has 0 bridgehead atoms. The van der Waals surface area contributed by atoms with Gasteiger partial charge in [-0.25, -0.2) is 0 Å². The van der Waals surface area contributed by atoms with Crippen LogP contribution in [0.1, 0.15) is 11.6 Å². The third-order valence-corrected chi connectivity index (χ3v) is 2.54. The van der Waals surface area contributed by atoms with Gasteiger partial charge in [0.25, 0.3) is 5.22 Å². The van der Waals surface area contributed by atoms with Crippen LogP contribution in [0.15, 0.2) is 34.0 Å². The number of thioether (sulfide) groups is 1. The van der Waals surface area contributed by atoms with Crippen molar-refractivity contribution in [2.75, 3.05) is 0 Å². The summed E-state index contributed by atoms with van der Waals surface area (Å²) in [5.74, 6) is 1.17. The van der Waals surface area contributed by atoms with Crippen molar-refractivity contribution < 1.29 is 4.42 Å². The van der Waals surface area contributed by atoms with Crippen LogP contribution in [0.25, 0.3) is 0 Å². The number of hydrogen-bond acceptors (Lipinski definition) is 6. The van der Waals surface area contributed by atoms with Gasteiger partial charge in [0.2, 0.25) is 5.89 Å². The highest BCUT2D eigenvalue weighted by Gasteiger charge is 2.05. The molecule has 78 valence electrons. The largest absolute Gasteiger partial charge is 0.415 e. The van der Waals surface area contributed by atoms with Crippen molar-refractivity contribution in [3.8, 4) is 0 Å². The van der Waals surface area contributed by atoms with E-state index in [4.69, 9.17) is 10.2 Å². The first-order chi connectivity index (χ1) is 7.38. The van der Waals surface area contributed by atoms with Gasteiger partial charge < -0.3 is 10.2 Å². The lowest BCUT2D eigenvalue weighted by Gasteiger charge is -1.95. The fraction of sp³-hybridized carbons (Fsp3) is 0.222. The van der Waals surface area contributed by atoms with E-state index in [1.165, 1.54) is 11.8 Å². The zero-order valence-electron chi connectivity index (χ0n) is 7.96. The molecule has 0 aliphatic heterocycles. The van der Waals surface area contributed by atoms with Gasteiger partial charge in [-0.1, -0.05) is 17.8 Å². The highest BCUT2D eigenvalue weighted by Crippen LogP contribution is 2.19. The molecule has 0 aromatic carbocycles. The summed E-state index contributed by atoms with van der Waals surface area (Å²) in [6.45, 7) is 0.275. The Morgan fingerprint density at radius 3 is 2.93 bits per heavy atom. The lowest BCUT2D eigenvalue weighted by atomic mass is 10.4. The Balaban J connectivity index is 1.93. The number of nitrogens with zero attached hydrogens (tertiary/aromatic N) is 3. The molecule has 0 radical (unpaired) electrons. The van der Waals surface area contributed by atoms with Gasteiger partial charge in [-0.3, -0.25) is 4.98 Å². The smallest absolute Gasteiger partial charge is 0.277 e. The average Bonchev–Trinajstić information content (AvgIpc) is 2.76. The molecule has 6 heteroatoms. The average molecular weight is 222 g/mol. The van der Waals surface area contributed by atoms with E-state index in [-0.39, 0.29) is 6.54 Å². The Morgan fingerprint density at radius 1 is 1.33 bits per heavy atom. The maximum absolute atomic E-state index is 5.35. The highest BCUT2D eigenvalue weighted by molar-refractivity contribution is 7.98. The molecular weight excluding hydrogens is 212 g/mol. The molecule has 0 amide bonds. The second kappa shape index (κ2) is 4.90. The fourth-order valence-electron chi connectivity index (χ4n) is 0.998. The van der Waals surface area contributed by atoms with E-state index in [1.807, 2.05) is 18.2 Å². The van der Waals surface area contributed by atoms with Crippen molar-refractivity contribution in [2.45, 2.75) is 17.5 Å². The van der Waals surface area contributed by atoms with Gasteiger partial charge in [-0.05, 0) is 12.1 Å². The molecule has 0 saturated heterocycles. The normalized spacial score (nSPS) is 10.5. The topological polar surface area (TPSA) is 77.8 Å². The molecule has 2 aromatic heterocycles. The summed E-state index contributed by atoms with van der Waals surface area (Å²) in [5, 5.41) is 8.13. The van der Waals surface area contributed by atoms with E-state index in [0.717, 1.165) is 5.69 Å². The van der Waals surface area contributed by atoms with E-state index < -0.39 is 0 Å². The van der Waals surface area contributed by atoms with Crippen molar-refractivity contribution >= 4 is 11.8 Å². The van der Waals surface area contributed by atoms with Crippen LogP contribution in [0.2, 0.25) is 0 Å². The standard InChI is InChI=1S/C9H10N4OS/c10-5-8-12-13-9(14-8)15-6-7-3-1-2-4-11-7/h1-4H,5-6,10H2. The van der Waals surface area contributed by atoms with Crippen LogP contribution in [0.5, 0.6) is 0 Å². The number of hydrogen-bond donors (Lipinski definition) is 1. The summed E-state index contributed by atoms with van der Waals surface area (Å²) in [4.78, 5) is 4.19. The van der Waals surface area contributed by atoms with Gasteiger partial charge in [0.05, 0.1) is 12.2 Å². The number of pyridine rings is 1. The zero-order chi connectivity index (χ0) is 10.5. The van der Waals surface area contributed by atoms with E-state index in [2.05, 4.69) is 15.2 Å². The Labute approximate surface area is 91.1 Å². The van der Waals surface area contributed by atoms with Crippen molar-refractivity contribution in [3.63, 3.8) is 0 Å². The molecule has 2 N–H and O–H groups in total. The lowest BCUT2D eigenvalue weighted by molar-refractivity contribution is 0.414. The van der Waals surface area contributed by atoms with E-state index in [1.54, 1.807) is 6.20 Å². The SMILES string of the molecule is NCc1nnc(SCc2ccccn2)o1. The Bertz CT molecular complexity index is 417. The summed E-state index contributed by atoms with van der Waals surface area (Å²) >= 11 is 1.45. The summed E-state index contributed by atoms with van der Waals surface area (Å²) in [6.07, 6.45) is 1.76. The third kappa shape index (κ3) is 2.77. The minimum absolute atomic E-state index is 0.275. The summed E-state index contributed by atoms with van der Waals surface area (Å²) in [6, 6.07) is 5.78. The van der Waals surface area contributed by atoms with Gasteiger partial charge in [-0.2, -0.15) is 0 Å². The number of nitrogens with two attached hydrogens (primary N) is 1. The second-order valence-electron chi connectivity index (χ2n) is 2.78. The first kappa shape index (κ1) is 10.1. The third-order valence-electron chi connectivity index (χ3n) is 1.69. The minimum atomic E-state index is 0.275. The first-order valence-electron chi connectivity index (χ1n) is 4.43. The minimum Gasteiger partial charge on any atom is -0.415 e. The van der Waals surface area contributed by atoms with Crippen molar-refractivity contribution in [3.05, 3.63) is 36.0 Å². The molecule has 2 aromatic rings. The van der Waals surface area contributed by atoms with E-state index >= 15 is 0 Å². The van der Waals surface area contributed by atoms with Crippen LogP contribution in [0.4, 0.5) is 0 Å². The molecular formula is C9H10N4OS. The molecule has 5 nitrogen and oxygen atoms in total. The lowest BCUT2D eigenvalue weighted by Crippen LogP contribution is -1.95. The Morgan fingerprint density at radius 2 is 2.27 bits per heavy atom. The zero-order valence-corrected chi connectivity index (χ0v) is 8.78. The van der Waals surface area contributed by atoms with Gasteiger partial charge >= 0.3 is 0 Å². The highest BCUT2D eigenvalue weighted by atomic mass is 32.2. The summed E-state index contributed by atoms with van der Waals surface area (Å²) in [5.41, 5.74) is 6.33. The van der Waals surface area contributed by atoms with Crippen molar-refractivity contribution in [2.24, 2.45) is 5.73 Å². The fourth-order valence-corrected chi connectivity index (χ4v) is 1.69. The van der Waals surface area contributed by atoms with Gasteiger partial charge in [0.15, 0.2) is 0 Å². The van der Waals surface area contributed by atoms with Crippen LogP contribution in [0.3, 0.4) is 0 Å². The molecule has 0 atom stereocenters. The molecule has 0 saturated carbocycles. The van der Waals surface area contributed by atoms with Crippen LogP contribution in [-0.2, 0) is 12.3 Å². The molecule has 0 aliphatic carbocycles. The van der Waals surface area contributed by atoms with Crippen LogP contribution >= 0.6 is 11.8 Å². The van der Waals surface area contributed by atoms with Crippen LogP contribution in [-0.4, -0.2) is 15.2 Å². The van der Waals surface area contributed by atoms with Gasteiger partial charge in [0, 0.05) is 11.9 Å². The van der Waals surface area contributed by atoms with E-state index in [0.29, 0.717) is 16.9 Å². The quantitative estimate of drug-likeness (QED) is 0.783. The molecule has 0 fully saturated rings. The molecule has 2 heterocycles. The molecule has 0 unspecified atom stereocenters. The van der Waals surface area contributed by atoms with Gasteiger partial charge in [-0.15, -0.1) is 10.2 Å². The Hall–Kier alpha value is -1.40. The predicted octanol–water partition coefficient (Wildman–Crippen LogP) is 1.22. The number of rotatable bonds is 4. The Kier molecular flexibility index (Phi) is 3.31. The summed E-state index contributed by atoms with van der Waals surface area (Å²) < 4.78 is 5.24. The maximum Gasteiger partial charge on any atom is 0.277 e. The van der Waals surface area contributed by atoms with Crippen LogP contribution < -0.4 is 5.73 Å². The second-order valence-corrected chi connectivity index (χ2v) is 3.70. The van der Waals surface area contributed by atoms with Crippen molar-refractivity contribution in [1.29, 1.82) is 0 Å². The molecule has 15 heavy (non-hydrogen) atoms. The van der Waals surface area contributed by atoms with Gasteiger partial charge in [0.1, 0.15) is 0 Å². The maximum atomic E-state index is 5.35. The monoisotopic (exact) mass is 222 g/mol. The molecule has 2 rings (SSSR count). The molecule has 0 spiro atoms. The predicted molar refractivity (Wildman–Crippen MR) is 56.0 cm³/mol. The van der Waals surface area contributed by atoms with Crippen LogP contribution in [0, 0.1) is 0 Å². The van der Waals surface area contributed by atoms with Crippen molar-refractivity contribution in [1.82, 2.24) is 15.2 Å². The first-order valence-corrected chi connectivity index (χ1v) is 5.42. The summed E-state index contributed by atoms with van der Waals surface area (Å²) in [7, 11) is 0. The number of aromatic nitrogens is 3. The molecule has 0 aliphatic rings.